The Labute approximate surface area is 322 Å². The van der Waals surface area contributed by atoms with Gasteiger partial charge >= 0.3 is 21.1 Å². The Morgan fingerprint density at radius 2 is 1.24 bits per heavy atom. The summed E-state index contributed by atoms with van der Waals surface area (Å²) in [7, 11) is 5.93. The molecule has 10 nitrogen and oxygen atoms in total. The van der Waals surface area contributed by atoms with Crippen LogP contribution in [0.25, 0.3) is 77.8 Å². The summed E-state index contributed by atoms with van der Waals surface area (Å²) in [6, 6.07) is 24.9. The van der Waals surface area contributed by atoms with Crippen LogP contribution in [0.2, 0.25) is 0 Å². The Hall–Kier alpha value is -5.30. The number of aryl methyl sites for hydroxylation is 3. The van der Waals surface area contributed by atoms with E-state index in [1.807, 2.05) is 93.3 Å². The molecular formula is C39H28N10Pt2-2. The van der Waals surface area contributed by atoms with Gasteiger partial charge in [-0.25, -0.2) is 4.98 Å². The molecule has 10 aromatic rings. The minimum Gasteiger partial charge on any atom is -0.663 e. The van der Waals surface area contributed by atoms with Gasteiger partial charge in [0.25, 0.3) is 0 Å². The third kappa shape index (κ3) is 5.78. The number of hydrogen-bond acceptors (Lipinski definition) is 3. The first kappa shape index (κ1) is 34.2. The van der Waals surface area contributed by atoms with Crippen molar-refractivity contribution in [2.45, 2.75) is 0 Å². The zero-order valence-corrected chi connectivity index (χ0v) is 32.1. The van der Waals surface area contributed by atoms with E-state index >= 15 is 0 Å². The number of benzene rings is 4. The molecule has 0 aliphatic carbocycles. The Balaban J connectivity index is 0.000000153. The largest absolute Gasteiger partial charge is 2.00 e. The normalized spacial score (nSPS) is 11.1. The molecule has 0 unspecified atom stereocenters. The van der Waals surface area contributed by atoms with Crippen molar-refractivity contribution in [2.75, 3.05) is 0 Å². The third-order valence-electron chi connectivity index (χ3n) is 8.87. The Morgan fingerprint density at radius 1 is 0.647 bits per heavy atom. The van der Waals surface area contributed by atoms with Crippen LogP contribution in [0.1, 0.15) is 0 Å². The molecule has 0 saturated heterocycles. The molecule has 6 heterocycles. The molecule has 0 spiro atoms. The quantitative estimate of drug-likeness (QED) is 0.162. The standard InChI is InChI=1S/C20H15N5.C19H13N5.2Pt/c1-23-11-12-25(13-23)17-8-4-6-15-14-5-3-7-16(18(14)22-19(15)17)20-21-9-10-24(20)2;1-23-10-9-21-19(23)15-6-2-4-13-14-5-3-7-16(18(14)22-17(13)15)24-11-8-20-12-24;;/h3-8,10-12H,1-2H3;2-11H,1H3;;/q2*-2;;+2. The van der Waals surface area contributed by atoms with Crippen LogP contribution in [-0.4, -0.2) is 33.2 Å². The fourth-order valence-electron chi connectivity index (χ4n) is 6.56. The Kier molecular flexibility index (Phi) is 9.23. The average molecular weight is 1030 g/mol. The monoisotopic (exact) mass is 1030 g/mol. The van der Waals surface area contributed by atoms with E-state index in [0.29, 0.717) is 0 Å². The van der Waals surface area contributed by atoms with Gasteiger partial charge < -0.3 is 42.8 Å². The summed E-state index contributed by atoms with van der Waals surface area (Å²) in [5.74, 6) is 1.79. The van der Waals surface area contributed by atoms with Crippen molar-refractivity contribution in [2.24, 2.45) is 21.1 Å². The summed E-state index contributed by atoms with van der Waals surface area (Å²) < 4.78 is 9.72. The Bertz CT molecular complexity index is 2780. The molecule has 0 aliphatic rings. The minimum absolute atomic E-state index is 0. The van der Waals surface area contributed by atoms with E-state index < -0.39 is 0 Å². The summed E-state index contributed by atoms with van der Waals surface area (Å²) >= 11 is 0. The van der Waals surface area contributed by atoms with E-state index in [2.05, 4.69) is 94.5 Å². The number of rotatable bonds is 4. The van der Waals surface area contributed by atoms with E-state index in [1.54, 1.807) is 6.20 Å². The molecule has 4 aromatic carbocycles. The predicted molar refractivity (Wildman–Crippen MR) is 188 cm³/mol. The third-order valence-corrected chi connectivity index (χ3v) is 8.87. The van der Waals surface area contributed by atoms with Gasteiger partial charge in [-0.2, -0.15) is 0 Å². The van der Waals surface area contributed by atoms with Crippen LogP contribution in [0, 0.1) is 18.9 Å². The van der Waals surface area contributed by atoms with Gasteiger partial charge in [0.2, 0.25) is 6.33 Å². The smallest absolute Gasteiger partial charge is 0.663 e. The van der Waals surface area contributed by atoms with E-state index in [9.17, 15) is 0 Å². The van der Waals surface area contributed by atoms with Gasteiger partial charge in [0.1, 0.15) is 5.82 Å². The molecule has 0 fully saturated rings. The molecule has 51 heavy (non-hydrogen) atoms. The van der Waals surface area contributed by atoms with E-state index in [4.69, 9.17) is 9.97 Å². The van der Waals surface area contributed by atoms with Crippen molar-refractivity contribution in [3.8, 4) is 34.2 Å². The minimum atomic E-state index is 0. The maximum Gasteiger partial charge on any atom is 2.00 e. The number of fused-ring (bicyclic) bond motifs is 6. The maximum atomic E-state index is 4.98. The van der Waals surface area contributed by atoms with E-state index in [1.165, 1.54) is 0 Å². The van der Waals surface area contributed by atoms with Crippen molar-refractivity contribution in [3.05, 3.63) is 135 Å². The zero-order valence-electron chi connectivity index (χ0n) is 27.6. The molecule has 0 radical (unpaired) electrons. The van der Waals surface area contributed by atoms with Crippen LogP contribution < -0.4 is 14.5 Å². The van der Waals surface area contributed by atoms with Gasteiger partial charge in [-0.1, -0.05) is 97.0 Å². The van der Waals surface area contributed by atoms with Crippen molar-refractivity contribution in [1.82, 2.24) is 43.2 Å². The van der Waals surface area contributed by atoms with Crippen molar-refractivity contribution >= 4 is 43.6 Å². The average Bonchev–Trinajstić information content (AvgIpc) is 3.97. The fraction of sp³-hybridized carbons (Fsp3) is 0.0769. The van der Waals surface area contributed by atoms with Gasteiger partial charge in [0.15, 0.2) is 0 Å². The topological polar surface area (TPSA) is 90.5 Å². The predicted octanol–water partition coefficient (Wildman–Crippen LogP) is 5.90. The first-order valence-electron chi connectivity index (χ1n) is 15.8. The van der Waals surface area contributed by atoms with Crippen molar-refractivity contribution < 1.29 is 46.7 Å². The number of aromatic nitrogens is 10. The summed E-state index contributed by atoms with van der Waals surface area (Å²) in [6.07, 6.45) is 22.3. The van der Waals surface area contributed by atoms with E-state index in [-0.39, 0.29) is 42.1 Å². The number of hydrogen-bond donors (Lipinski definition) is 0. The summed E-state index contributed by atoms with van der Waals surface area (Å²) in [4.78, 5) is 22.8. The van der Waals surface area contributed by atoms with Crippen molar-refractivity contribution in [1.29, 1.82) is 0 Å². The van der Waals surface area contributed by atoms with Crippen LogP contribution in [0.15, 0.2) is 116 Å². The molecule has 256 valence electrons. The molecule has 0 bridgehead atoms. The summed E-state index contributed by atoms with van der Waals surface area (Å²) in [5, 5.41) is 4.53. The molecule has 0 N–H and O–H groups in total. The van der Waals surface area contributed by atoms with Crippen LogP contribution in [0.5, 0.6) is 0 Å². The Morgan fingerprint density at radius 3 is 1.75 bits per heavy atom. The van der Waals surface area contributed by atoms with Gasteiger partial charge in [-0.3, -0.25) is 0 Å². The van der Waals surface area contributed by atoms with Crippen LogP contribution in [-0.2, 0) is 63.3 Å². The SMILES string of the molecule is Cn1c[c-]nc1-c1cccc2c1[n-]c1c(-n3[c-][n+](C)cc3)cccc12.Cn1ccnc1-c1cccc2c1[n-]c1c(-n3[c-]ncc3)cccc12.[Pt+2].[Pt]. The fourth-order valence-corrected chi connectivity index (χ4v) is 6.56. The molecule has 6 aromatic heterocycles. The van der Waals surface area contributed by atoms with Crippen LogP contribution >= 0.6 is 0 Å². The number of nitrogens with zero attached hydrogens (tertiary/aromatic N) is 10. The molecule has 0 atom stereocenters. The second-order valence-electron chi connectivity index (χ2n) is 11.9. The summed E-state index contributed by atoms with van der Waals surface area (Å²) in [6.45, 7) is 0. The zero-order chi connectivity index (χ0) is 33.1. The second kappa shape index (κ2) is 13.8. The first-order chi connectivity index (χ1) is 24.0. The van der Waals surface area contributed by atoms with E-state index in [0.717, 1.165) is 77.8 Å². The summed E-state index contributed by atoms with van der Waals surface area (Å²) in [5.41, 5.74) is 7.90. The number of imidazole rings is 4. The molecule has 12 heteroatoms. The van der Waals surface area contributed by atoms with Gasteiger partial charge in [-0.05, 0) is 40.1 Å². The van der Waals surface area contributed by atoms with Crippen LogP contribution in [0.4, 0.5) is 0 Å². The second-order valence-corrected chi connectivity index (χ2v) is 11.9. The molecule has 0 saturated carbocycles. The van der Waals surface area contributed by atoms with Crippen LogP contribution in [0.3, 0.4) is 0 Å². The molecule has 0 aliphatic heterocycles. The number of para-hydroxylation sites is 4. The van der Waals surface area contributed by atoms with Gasteiger partial charge in [0.05, 0.1) is 7.05 Å². The van der Waals surface area contributed by atoms with Crippen molar-refractivity contribution in [3.63, 3.8) is 0 Å². The van der Waals surface area contributed by atoms with Gasteiger partial charge in [0, 0.05) is 70.5 Å². The first-order valence-corrected chi connectivity index (χ1v) is 15.8. The molecule has 0 amide bonds. The molecule has 10 rings (SSSR count). The molecular weight excluding hydrogens is 999 g/mol. The van der Waals surface area contributed by atoms with Gasteiger partial charge in [-0.15, -0.1) is 28.3 Å². The maximum absolute atomic E-state index is 4.98.